The molecule has 0 radical (unpaired) electrons. The van der Waals surface area contributed by atoms with Crippen molar-refractivity contribution in [3.8, 4) is 5.75 Å². The number of fused-ring (bicyclic) bond motifs is 1. The first-order valence-electron chi connectivity index (χ1n) is 9.21. The van der Waals surface area contributed by atoms with E-state index in [0.717, 1.165) is 11.0 Å². The van der Waals surface area contributed by atoms with Gasteiger partial charge in [0, 0.05) is 5.56 Å². The fourth-order valence-electron chi connectivity index (χ4n) is 2.76. The van der Waals surface area contributed by atoms with Crippen molar-refractivity contribution in [2.45, 2.75) is 32.9 Å². The predicted molar refractivity (Wildman–Crippen MR) is 107 cm³/mol. The van der Waals surface area contributed by atoms with Crippen molar-refractivity contribution in [1.82, 2.24) is 20.6 Å². The van der Waals surface area contributed by atoms with Gasteiger partial charge in [-0.15, -0.1) is 0 Å². The molecule has 0 fully saturated rings. The summed E-state index contributed by atoms with van der Waals surface area (Å²) in [6, 6.07) is 14.2. The van der Waals surface area contributed by atoms with E-state index < -0.39 is 0 Å². The average molecular weight is 380 g/mol. The van der Waals surface area contributed by atoms with Crippen molar-refractivity contribution in [1.29, 1.82) is 0 Å². The van der Waals surface area contributed by atoms with Crippen LogP contribution in [0.15, 0.2) is 48.5 Å². The molecule has 28 heavy (non-hydrogen) atoms. The number of benzene rings is 2. The van der Waals surface area contributed by atoms with E-state index in [9.17, 15) is 9.59 Å². The van der Waals surface area contributed by atoms with E-state index in [-0.39, 0.29) is 30.5 Å². The van der Waals surface area contributed by atoms with Gasteiger partial charge in [0.05, 0.1) is 29.7 Å². The van der Waals surface area contributed by atoms with Crippen LogP contribution in [0.4, 0.5) is 0 Å². The van der Waals surface area contributed by atoms with Gasteiger partial charge in [-0.3, -0.25) is 9.59 Å². The maximum Gasteiger partial charge on any atom is 0.251 e. The van der Waals surface area contributed by atoms with Crippen LogP contribution in [0.3, 0.4) is 0 Å². The summed E-state index contributed by atoms with van der Waals surface area (Å²) in [6.07, 6.45) is 0.0668. The number of H-pyrrole nitrogens is 1. The molecule has 1 aromatic heterocycles. The van der Waals surface area contributed by atoms with Crippen LogP contribution in [0.5, 0.6) is 5.75 Å². The number of rotatable bonds is 7. The zero-order valence-electron chi connectivity index (χ0n) is 16.2. The van der Waals surface area contributed by atoms with E-state index in [0.29, 0.717) is 17.1 Å². The van der Waals surface area contributed by atoms with Gasteiger partial charge in [-0.25, -0.2) is 4.98 Å². The summed E-state index contributed by atoms with van der Waals surface area (Å²) >= 11 is 0. The maximum absolute atomic E-state index is 12.2. The summed E-state index contributed by atoms with van der Waals surface area (Å²) in [5.41, 5.74) is 2.22. The first kappa shape index (κ1) is 19.4. The van der Waals surface area contributed by atoms with Crippen LogP contribution in [-0.2, 0) is 4.79 Å². The van der Waals surface area contributed by atoms with Crippen LogP contribution in [0.2, 0.25) is 0 Å². The number of hydrogen-bond donors (Lipinski definition) is 3. The van der Waals surface area contributed by atoms with Crippen molar-refractivity contribution >= 4 is 22.8 Å². The minimum Gasteiger partial charge on any atom is -0.491 e. The van der Waals surface area contributed by atoms with Gasteiger partial charge in [-0.2, -0.15) is 0 Å². The van der Waals surface area contributed by atoms with E-state index in [2.05, 4.69) is 20.6 Å². The average Bonchev–Trinajstić information content (AvgIpc) is 3.10. The lowest BCUT2D eigenvalue weighted by atomic mass is 10.2. The second-order valence-corrected chi connectivity index (χ2v) is 6.80. The number of para-hydroxylation sites is 2. The second-order valence-electron chi connectivity index (χ2n) is 6.80. The summed E-state index contributed by atoms with van der Waals surface area (Å²) in [4.78, 5) is 32.0. The third-order valence-corrected chi connectivity index (χ3v) is 4.09. The molecular formula is C21H24N4O3. The highest BCUT2D eigenvalue weighted by Gasteiger charge is 2.14. The molecule has 3 aromatic rings. The second kappa shape index (κ2) is 8.56. The first-order valence-corrected chi connectivity index (χ1v) is 9.21. The summed E-state index contributed by atoms with van der Waals surface area (Å²) in [5, 5.41) is 5.45. The number of nitrogens with zero attached hydrogens (tertiary/aromatic N) is 1. The molecule has 2 aromatic carbocycles. The lowest BCUT2D eigenvalue weighted by Crippen LogP contribution is -2.38. The van der Waals surface area contributed by atoms with E-state index in [1.807, 2.05) is 45.0 Å². The molecule has 3 rings (SSSR count). The largest absolute Gasteiger partial charge is 0.491 e. The number of aromatic amines is 1. The molecule has 7 nitrogen and oxygen atoms in total. The van der Waals surface area contributed by atoms with Gasteiger partial charge >= 0.3 is 0 Å². The van der Waals surface area contributed by atoms with Crippen molar-refractivity contribution in [2.24, 2.45) is 0 Å². The molecule has 0 aliphatic rings. The van der Waals surface area contributed by atoms with Crippen molar-refractivity contribution in [3.63, 3.8) is 0 Å². The van der Waals surface area contributed by atoms with Gasteiger partial charge in [0.1, 0.15) is 11.6 Å². The Morgan fingerprint density at radius 3 is 2.46 bits per heavy atom. The Labute approximate surface area is 163 Å². The van der Waals surface area contributed by atoms with Gasteiger partial charge in [0.25, 0.3) is 5.91 Å². The molecule has 2 amide bonds. The third-order valence-electron chi connectivity index (χ3n) is 4.09. The number of nitrogens with one attached hydrogen (secondary N) is 3. The minimum atomic E-state index is -0.317. The molecule has 1 atom stereocenters. The number of imidazole rings is 1. The van der Waals surface area contributed by atoms with Crippen molar-refractivity contribution in [2.75, 3.05) is 6.54 Å². The normalized spacial score (nSPS) is 12.0. The van der Waals surface area contributed by atoms with Crippen LogP contribution >= 0.6 is 0 Å². The highest BCUT2D eigenvalue weighted by Crippen LogP contribution is 2.15. The highest BCUT2D eigenvalue weighted by atomic mass is 16.5. The highest BCUT2D eigenvalue weighted by molar-refractivity contribution is 5.96. The molecule has 1 heterocycles. The van der Waals surface area contributed by atoms with Crippen LogP contribution in [0.25, 0.3) is 11.0 Å². The Kier molecular flexibility index (Phi) is 5.93. The number of carbonyl (C=O) groups is 2. The van der Waals surface area contributed by atoms with E-state index >= 15 is 0 Å². The molecule has 0 saturated carbocycles. The van der Waals surface area contributed by atoms with Gasteiger partial charge in [-0.05, 0) is 57.2 Å². The standard InChI is InChI=1S/C21H24N4O3/c1-13(2)28-16-10-8-15(9-11-16)21(27)22-12-19(26)23-14(3)20-24-17-6-4-5-7-18(17)25-20/h4-11,13-14H,12H2,1-3H3,(H,22,27)(H,23,26)(H,24,25)/t14-/m0/s1. The number of amides is 2. The summed E-state index contributed by atoms with van der Waals surface area (Å²) < 4.78 is 5.55. The Morgan fingerprint density at radius 1 is 1.07 bits per heavy atom. The van der Waals surface area contributed by atoms with Crippen molar-refractivity contribution < 1.29 is 14.3 Å². The fraction of sp³-hybridized carbons (Fsp3) is 0.286. The zero-order valence-corrected chi connectivity index (χ0v) is 16.2. The molecule has 0 bridgehead atoms. The Hall–Kier alpha value is -3.35. The topological polar surface area (TPSA) is 96.1 Å². The lowest BCUT2D eigenvalue weighted by molar-refractivity contribution is -0.120. The smallest absolute Gasteiger partial charge is 0.251 e. The molecule has 0 aliphatic carbocycles. The molecule has 3 N–H and O–H groups in total. The van der Waals surface area contributed by atoms with Gasteiger partial charge in [0.2, 0.25) is 5.91 Å². The zero-order chi connectivity index (χ0) is 20.1. The Bertz CT molecular complexity index is 930. The molecule has 0 spiro atoms. The number of ether oxygens (including phenoxy) is 1. The Morgan fingerprint density at radius 2 is 1.79 bits per heavy atom. The lowest BCUT2D eigenvalue weighted by Gasteiger charge is -2.12. The summed E-state index contributed by atoms with van der Waals surface area (Å²) in [5.74, 6) is 0.759. The quantitative estimate of drug-likeness (QED) is 0.587. The van der Waals surface area contributed by atoms with Crippen LogP contribution in [-0.4, -0.2) is 34.4 Å². The maximum atomic E-state index is 12.2. The van der Waals surface area contributed by atoms with Gasteiger partial charge in [0.15, 0.2) is 0 Å². The molecule has 0 saturated heterocycles. The monoisotopic (exact) mass is 380 g/mol. The van der Waals surface area contributed by atoms with E-state index in [1.165, 1.54) is 0 Å². The minimum absolute atomic E-state index is 0.0668. The first-order chi connectivity index (χ1) is 13.4. The summed E-state index contributed by atoms with van der Waals surface area (Å²) in [6.45, 7) is 5.59. The Balaban J connectivity index is 1.51. The molecule has 0 aliphatic heterocycles. The van der Waals surface area contributed by atoms with E-state index in [1.54, 1.807) is 24.3 Å². The van der Waals surface area contributed by atoms with Crippen LogP contribution in [0, 0.1) is 0 Å². The predicted octanol–water partition coefficient (Wildman–Crippen LogP) is 2.96. The molecule has 146 valence electrons. The van der Waals surface area contributed by atoms with Crippen LogP contribution in [0.1, 0.15) is 43.0 Å². The molecule has 7 heteroatoms. The SMILES string of the molecule is CC(C)Oc1ccc(C(=O)NCC(=O)N[C@@H](C)c2nc3ccccc3[nH]2)cc1. The molecule has 0 unspecified atom stereocenters. The molecular weight excluding hydrogens is 356 g/mol. The van der Waals surface area contributed by atoms with E-state index in [4.69, 9.17) is 4.74 Å². The fourth-order valence-corrected chi connectivity index (χ4v) is 2.76. The van der Waals surface area contributed by atoms with Gasteiger partial charge in [-0.1, -0.05) is 12.1 Å². The summed E-state index contributed by atoms with van der Waals surface area (Å²) in [7, 11) is 0. The third kappa shape index (κ3) is 4.88. The number of carbonyl (C=O) groups excluding carboxylic acids is 2. The van der Waals surface area contributed by atoms with Gasteiger partial charge < -0.3 is 20.4 Å². The van der Waals surface area contributed by atoms with Crippen molar-refractivity contribution in [3.05, 3.63) is 59.9 Å². The van der Waals surface area contributed by atoms with Crippen LogP contribution < -0.4 is 15.4 Å². The number of aromatic nitrogens is 2. The number of hydrogen-bond acceptors (Lipinski definition) is 4.